The van der Waals surface area contributed by atoms with Crippen molar-refractivity contribution in [2.75, 3.05) is 18.0 Å². The molecule has 132 valence electrons. The Kier molecular flexibility index (Phi) is 7.07. The Morgan fingerprint density at radius 1 is 0.840 bits per heavy atom. The summed E-state index contributed by atoms with van der Waals surface area (Å²) in [6, 6.07) is 18.8. The fourth-order valence-corrected chi connectivity index (χ4v) is 3.00. The molecule has 0 atom stereocenters. The second-order valence-electron chi connectivity index (χ2n) is 7.33. The Morgan fingerprint density at radius 2 is 1.44 bits per heavy atom. The van der Waals surface area contributed by atoms with Gasteiger partial charge in [0, 0.05) is 18.8 Å². The molecule has 25 heavy (non-hydrogen) atoms. The first-order valence-electron chi connectivity index (χ1n) is 9.36. The summed E-state index contributed by atoms with van der Waals surface area (Å²) in [5.74, 6) is 1.18. The summed E-state index contributed by atoms with van der Waals surface area (Å²) in [5, 5.41) is 8.52. The molecule has 0 radical (unpaired) electrons. The molecule has 0 bridgehead atoms. The minimum atomic E-state index is 0.544. The van der Waals surface area contributed by atoms with Crippen LogP contribution in [0.4, 0.5) is 5.69 Å². The monoisotopic (exact) mass is 334 g/mol. The summed E-state index contributed by atoms with van der Waals surface area (Å²) in [6.07, 6.45) is 2.71. The van der Waals surface area contributed by atoms with E-state index in [0.29, 0.717) is 11.8 Å². The van der Waals surface area contributed by atoms with Crippen LogP contribution in [0.1, 0.15) is 69.1 Å². The van der Waals surface area contributed by atoms with Gasteiger partial charge in [-0.1, -0.05) is 52.0 Å². The molecule has 0 amide bonds. The van der Waals surface area contributed by atoms with E-state index in [0.717, 1.165) is 5.56 Å². The van der Waals surface area contributed by atoms with Gasteiger partial charge in [-0.3, -0.25) is 0 Å². The van der Waals surface area contributed by atoms with Crippen LogP contribution < -0.4 is 4.90 Å². The Labute approximate surface area is 153 Å². The summed E-state index contributed by atoms with van der Waals surface area (Å²) < 4.78 is 0. The van der Waals surface area contributed by atoms with Crippen molar-refractivity contribution in [3.8, 4) is 6.07 Å². The standard InChI is InChI=1S/C13H19N.C10H11N/c1-11(2)12-6-5-7-13(10-12)14-8-3-4-9-14;1-8(2)10-5-3-9(7-11)4-6-10/h5-7,10-11H,3-4,8-9H2,1-2H3;3-6,8H,1-2H3. The number of rotatable bonds is 3. The van der Waals surface area contributed by atoms with Crippen LogP contribution in [0.15, 0.2) is 48.5 Å². The lowest BCUT2D eigenvalue weighted by atomic mass is 10.0. The number of hydrogen-bond donors (Lipinski definition) is 0. The Hall–Kier alpha value is -2.27. The van der Waals surface area contributed by atoms with Gasteiger partial charge in [0.1, 0.15) is 0 Å². The molecule has 2 heteroatoms. The highest BCUT2D eigenvalue weighted by Gasteiger charge is 2.12. The number of hydrogen-bond acceptors (Lipinski definition) is 2. The molecule has 0 unspecified atom stereocenters. The predicted octanol–water partition coefficient (Wildman–Crippen LogP) is 6.09. The molecule has 1 saturated heterocycles. The molecule has 0 saturated carbocycles. The zero-order valence-corrected chi connectivity index (χ0v) is 16.0. The number of anilines is 1. The van der Waals surface area contributed by atoms with E-state index >= 15 is 0 Å². The summed E-state index contributed by atoms with van der Waals surface area (Å²) in [6.45, 7) is 11.3. The lowest BCUT2D eigenvalue weighted by Crippen LogP contribution is -2.17. The minimum absolute atomic E-state index is 0.544. The van der Waals surface area contributed by atoms with Crippen LogP contribution in [0.25, 0.3) is 0 Å². The van der Waals surface area contributed by atoms with Gasteiger partial charge < -0.3 is 4.90 Å². The van der Waals surface area contributed by atoms with Gasteiger partial charge in [-0.05, 0) is 60.1 Å². The first-order chi connectivity index (χ1) is 12.0. The van der Waals surface area contributed by atoms with E-state index < -0.39 is 0 Å². The molecule has 1 aliphatic heterocycles. The molecule has 0 aliphatic carbocycles. The molecule has 0 spiro atoms. The first kappa shape index (κ1) is 19.1. The van der Waals surface area contributed by atoms with E-state index in [2.05, 4.69) is 62.9 Å². The quantitative estimate of drug-likeness (QED) is 0.679. The van der Waals surface area contributed by atoms with E-state index in [9.17, 15) is 0 Å². The van der Waals surface area contributed by atoms with E-state index in [4.69, 9.17) is 5.26 Å². The number of nitriles is 1. The molecule has 0 N–H and O–H groups in total. The largest absolute Gasteiger partial charge is 0.372 e. The maximum absolute atomic E-state index is 8.52. The highest BCUT2D eigenvalue weighted by Crippen LogP contribution is 2.24. The van der Waals surface area contributed by atoms with Gasteiger partial charge in [-0.2, -0.15) is 5.26 Å². The fraction of sp³-hybridized carbons (Fsp3) is 0.435. The van der Waals surface area contributed by atoms with Crippen LogP contribution in [0.3, 0.4) is 0 Å². The summed E-state index contributed by atoms with van der Waals surface area (Å²) in [5.41, 5.74) is 4.88. The maximum atomic E-state index is 8.52. The average Bonchev–Trinajstić information content (AvgIpc) is 3.17. The van der Waals surface area contributed by atoms with E-state index in [1.54, 1.807) is 0 Å². The average molecular weight is 335 g/mol. The van der Waals surface area contributed by atoms with Gasteiger partial charge in [0.2, 0.25) is 0 Å². The van der Waals surface area contributed by atoms with Crippen LogP contribution in [-0.4, -0.2) is 13.1 Å². The van der Waals surface area contributed by atoms with Gasteiger partial charge in [0.25, 0.3) is 0 Å². The molecular formula is C23H30N2. The highest BCUT2D eigenvalue weighted by molar-refractivity contribution is 5.49. The van der Waals surface area contributed by atoms with Crippen molar-refractivity contribution in [1.82, 2.24) is 0 Å². The van der Waals surface area contributed by atoms with Gasteiger partial charge in [0.05, 0.1) is 11.6 Å². The van der Waals surface area contributed by atoms with Gasteiger partial charge in [-0.25, -0.2) is 0 Å². The maximum Gasteiger partial charge on any atom is 0.0991 e. The van der Waals surface area contributed by atoms with Gasteiger partial charge >= 0.3 is 0 Å². The van der Waals surface area contributed by atoms with Gasteiger partial charge in [-0.15, -0.1) is 0 Å². The topological polar surface area (TPSA) is 27.0 Å². The van der Waals surface area contributed by atoms with Crippen LogP contribution in [-0.2, 0) is 0 Å². The molecule has 3 rings (SSSR count). The zero-order chi connectivity index (χ0) is 18.2. The summed E-state index contributed by atoms with van der Waals surface area (Å²) in [7, 11) is 0. The van der Waals surface area contributed by atoms with Crippen molar-refractivity contribution in [2.24, 2.45) is 0 Å². The van der Waals surface area contributed by atoms with Crippen LogP contribution in [0, 0.1) is 11.3 Å². The van der Waals surface area contributed by atoms with Gasteiger partial charge in [0.15, 0.2) is 0 Å². The Bertz CT molecular complexity index is 687. The van der Waals surface area contributed by atoms with Crippen molar-refractivity contribution in [2.45, 2.75) is 52.4 Å². The Morgan fingerprint density at radius 3 is 1.96 bits per heavy atom. The SMILES string of the molecule is CC(C)c1ccc(C#N)cc1.CC(C)c1cccc(N2CCCC2)c1. The number of benzene rings is 2. The van der Waals surface area contributed by atoms with Crippen molar-refractivity contribution < 1.29 is 0 Å². The van der Waals surface area contributed by atoms with E-state index in [1.807, 2.05) is 24.3 Å². The molecule has 1 heterocycles. The molecular weight excluding hydrogens is 304 g/mol. The fourth-order valence-electron chi connectivity index (χ4n) is 3.00. The first-order valence-corrected chi connectivity index (χ1v) is 9.36. The van der Waals surface area contributed by atoms with Crippen molar-refractivity contribution in [1.29, 1.82) is 5.26 Å². The molecule has 1 fully saturated rings. The third-order valence-electron chi connectivity index (χ3n) is 4.71. The third kappa shape index (κ3) is 5.64. The van der Waals surface area contributed by atoms with Crippen LogP contribution in [0.5, 0.6) is 0 Å². The van der Waals surface area contributed by atoms with Crippen LogP contribution >= 0.6 is 0 Å². The molecule has 0 aromatic heterocycles. The smallest absolute Gasteiger partial charge is 0.0991 e. The lowest BCUT2D eigenvalue weighted by molar-refractivity contribution is 0.862. The van der Waals surface area contributed by atoms with Crippen molar-refractivity contribution in [3.63, 3.8) is 0 Å². The molecule has 1 aliphatic rings. The second-order valence-corrected chi connectivity index (χ2v) is 7.33. The minimum Gasteiger partial charge on any atom is -0.372 e. The van der Waals surface area contributed by atoms with E-state index in [-0.39, 0.29) is 0 Å². The van der Waals surface area contributed by atoms with Crippen molar-refractivity contribution >= 4 is 5.69 Å². The molecule has 2 aromatic rings. The summed E-state index contributed by atoms with van der Waals surface area (Å²) >= 11 is 0. The predicted molar refractivity (Wildman–Crippen MR) is 107 cm³/mol. The number of nitrogens with zero attached hydrogens (tertiary/aromatic N) is 2. The lowest BCUT2D eigenvalue weighted by Gasteiger charge is -2.19. The molecule has 2 nitrogen and oxygen atoms in total. The third-order valence-corrected chi connectivity index (χ3v) is 4.71. The van der Waals surface area contributed by atoms with E-state index in [1.165, 1.54) is 42.7 Å². The van der Waals surface area contributed by atoms with Crippen LogP contribution in [0.2, 0.25) is 0 Å². The molecule has 2 aromatic carbocycles. The Balaban J connectivity index is 0.000000186. The summed E-state index contributed by atoms with van der Waals surface area (Å²) in [4.78, 5) is 2.49. The zero-order valence-electron chi connectivity index (χ0n) is 16.0. The second kappa shape index (κ2) is 9.28. The normalized spacial score (nSPS) is 13.6. The highest BCUT2D eigenvalue weighted by atomic mass is 15.1. The van der Waals surface area contributed by atoms with Crippen molar-refractivity contribution in [3.05, 3.63) is 65.2 Å².